The summed E-state index contributed by atoms with van der Waals surface area (Å²) in [7, 11) is 11.3. The first-order chi connectivity index (χ1) is 38.3. The molecule has 1 atom stereocenters. The van der Waals surface area contributed by atoms with E-state index in [1.54, 1.807) is 14.2 Å². The number of ether oxygens (including phenoxy) is 2. The van der Waals surface area contributed by atoms with Gasteiger partial charge in [0.2, 0.25) is 0 Å². The van der Waals surface area contributed by atoms with Crippen LogP contribution < -0.4 is 52.8 Å². The molecule has 0 aliphatic heterocycles. The van der Waals surface area contributed by atoms with Gasteiger partial charge in [0.05, 0.1) is 19.8 Å². The molecule has 9 heteroatoms. The Bertz CT molecular complexity index is 3540. The second kappa shape index (κ2) is 26.9. The Hall–Kier alpha value is -5.70. The molecule has 0 amide bonds. The number of rotatable bonds is 13. The molecule has 412 valence electrons. The van der Waals surface area contributed by atoms with E-state index >= 15 is 0 Å². The molecule has 0 spiro atoms. The molecule has 0 heterocycles. The van der Waals surface area contributed by atoms with Crippen molar-refractivity contribution in [2.24, 2.45) is 17.4 Å². The fraction of sp³-hybridized carbons (Fsp3) is 0.211. The molecule has 0 saturated heterocycles. The number of hydrogen-bond acceptors (Lipinski definition) is 4. The van der Waals surface area contributed by atoms with E-state index in [1.165, 1.54) is 109 Å². The van der Waals surface area contributed by atoms with Gasteiger partial charge in [-0.1, -0.05) is 222 Å². The van der Waals surface area contributed by atoms with E-state index in [0.717, 1.165) is 22.6 Å². The molecule has 0 aliphatic carbocycles. The molecule has 10 aromatic rings. The van der Waals surface area contributed by atoms with E-state index in [4.69, 9.17) is 40.3 Å². The second-order valence-electron chi connectivity index (χ2n) is 21.6. The van der Waals surface area contributed by atoms with Gasteiger partial charge in [-0.05, 0) is 183 Å². The van der Waals surface area contributed by atoms with Crippen molar-refractivity contribution in [2.75, 3.05) is 14.2 Å². The van der Waals surface area contributed by atoms with Gasteiger partial charge in [0.15, 0.2) is 0 Å². The van der Waals surface area contributed by atoms with Gasteiger partial charge in [-0.25, -0.2) is 0 Å². The molecule has 10 rings (SSSR count). The van der Waals surface area contributed by atoms with Crippen LogP contribution in [0.25, 0.3) is 32.7 Å². The summed E-state index contributed by atoms with van der Waals surface area (Å²) >= 11 is -0.346. The Kier molecular flexibility index (Phi) is 20.3. The summed E-state index contributed by atoms with van der Waals surface area (Å²) < 4.78 is 10.5. The van der Waals surface area contributed by atoms with Crippen LogP contribution in [-0.4, -0.2) is 20.3 Å². The molecule has 0 aromatic heterocycles. The van der Waals surface area contributed by atoms with Crippen LogP contribution in [0.1, 0.15) is 69.5 Å². The average molecular weight is 1220 g/mol. The second-order valence-corrected chi connectivity index (χ2v) is 28.6. The van der Waals surface area contributed by atoms with E-state index in [-0.39, 0.29) is 27.1 Å². The zero-order valence-electron chi connectivity index (χ0n) is 48.1. The SMILES string of the molecule is COc1ccc(C(N)(c2ccc(OC)cc2)[C@@H](N)C(C)C)cc1.Cc1cc(C)cc(P(c2cc(C)cc(C)c2)c2ccc3cccc(-c4c(P(c5cc(C)cc(C)c5)c5cc(C)cc(C)c5)ccc5ccccc45)c3c2)c1.[Cl][Ru][Cl]. The quantitative estimate of drug-likeness (QED) is 0.0891. The first-order valence-corrected chi connectivity index (χ1v) is 34.2. The molecule has 0 fully saturated rings. The molecule has 0 bridgehead atoms. The normalized spacial score (nSPS) is 11.9. The van der Waals surface area contributed by atoms with Crippen molar-refractivity contribution in [3.05, 3.63) is 250 Å². The zero-order chi connectivity index (χ0) is 57.4. The molecule has 4 N–H and O–H groups in total. The summed E-state index contributed by atoms with van der Waals surface area (Å²) in [5.41, 5.74) is 27.7. The van der Waals surface area contributed by atoms with Gasteiger partial charge in [-0.3, -0.25) is 0 Å². The van der Waals surface area contributed by atoms with E-state index in [9.17, 15) is 0 Å². The number of fused-ring (bicyclic) bond motifs is 2. The van der Waals surface area contributed by atoms with Crippen molar-refractivity contribution in [1.29, 1.82) is 0 Å². The van der Waals surface area contributed by atoms with Crippen LogP contribution in [0.4, 0.5) is 0 Å². The van der Waals surface area contributed by atoms with E-state index in [1.807, 2.05) is 48.5 Å². The van der Waals surface area contributed by atoms with Gasteiger partial charge in [-0.2, -0.15) is 0 Å². The van der Waals surface area contributed by atoms with Gasteiger partial charge in [0.1, 0.15) is 11.5 Å². The van der Waals surface area contributed by atoms with Crippen LogP contribution in [0.2, 0.25) is 0 Å². The number of benzene rings is 10. The first kappa shape index (κ1) is 60.4. The molecular formula is C71H74Cl2N2O2P2Ru. The van der Waals surface area contributed by atoms with E-state index in [0.29, 0.717) is 0 Å². The van der Waals surface area contributed by atoms with Gasteiger partial charge >= 0.3 is 34.5 Å². The molecule has 0 saturated carbocycles. The van der Waals surface area contributed by atoms with Crippen molar-refractivity contribution < 1.29 is 24.6 Å². The molecule has 0 unspecified atom stereocenters. The summed E-state index contributed by atoms with van der Waals surface area (Å²) in [4.78, 5) is 0. The summed E-state index contributed by atoms with van der Waals surface area (Å²) in [6.45, 7) is 22.0. The van der Waals surface area contributed by atoms with Gasteiger partial charge in [0.25, 0.3) is 0 Å². The van der Waals surface area contributed by atoms with Crippen LogP contribution >= 0.6 is 35.2 Å². The third-order valence-corrected chi connectivity index (χ3v) is 19.5. The van der Waals surface area contributed by atoms with Crippen LogP contribution in [0.15, 0.2) is 194 Å². The minimum atomic E-state index is -0.887. The first-order valence-electron chi connectivity index (χ1n) is 27.0. The van der Waals surface area contributed by atoms with Crippen molar-refractivity contribution >= 4 is 88.6 Å². The third-order valence-electron chi connectivity index (χ3n) is 14.8. The Morgan fingerprint density at radius 1 is 0.425 bits per heavy atom. The van der Waals surface area contributed by atoms with Crippen LogP contribution in [-0.2, 0) is 20.7 Å². The molecule has 0 aliphatic rings. The van der Waals surface area contributed by atoms with Gasteiger partial charge in [-0.15, -0.1) is 0 Å². The van der Waals surface area contributed by atoms with Crippen molar-refractivity contribution in [1.82, 2.24) is 0 Å². The van der Waals surface area contributed by atoms with Crippen LogP contribution in [0, 0.1) is 61.3 Å². The Morgan fingerprint density at radius 3 is 1.21 bits per heavy atom. The van der Waals surface area contributed by atoms with Crippen molar-refractivity contribution in [2.45, 2.75) is 80.8 Å². The maximum atomic E-state index is 6.86. The third kappa shape index (κ3) is 13.8. The van der Waals surface area contributed by atoms with Gasteiger partial charge < -0.3 is 20.9 Å². The minimum absolute atomic E-state index is 0.226. The van der Waals surface area contributed by atoms with Crippen LogP contribution in [0.5, 0.6) is 11.5 Å². The monoisotopic (exact) mass is 1220 g/mol. The summed E-state index contributed by atoms with van der Waals surface area (Å²) in [6.07, 6.45) is 0. The Balaban J connectivity index is 0.000000270. The fourth-order valence-electron chi connectivity index (χ4n) is 11.4. The van der Waals surface area contributed by atoms with E-state index < -0.39 is 21.4 Å². The molecular weight excluding hydrogens is 1150 g/mol. The number of hydrogen-bond donors (Lipinski definition) is 2. The standard InChI is InChI=1S/C52H48P2.C19H26N2O2.2ClH.Ru/c1-33-20-34(2)25-44(24-33)53(45-26-35(3)21-36(4)27-45)43-18-16-42-13-11-15-49(50(42)32-43)52-48-14-10-9-12-41(48)17-19-51(52)54(46-28-37(5)22-38(6)29-46)47-30-39(7)23-40(8)31-47;1-13(2)18(20)19(21,14-5-9-16(22-3)10-6-14)15-7-11-17(23-4)12-8-15;;;/h9-32H,1-8H3;5-13,18H,20-21H2,1-4H3;2*1H;/q;;;;+2/p-2/t;18-;;;/m.0.../s1. The molecule has 0 radical (unpaired) electrons. The molecule has 10 aromatic carbocycles. The molecule has 4 nitrogen and oxygen atoms in total. The van der Waals surface area contributed by atoms with Crippen LogP contribution in [0.3, 0.4) is 0 Å². The summed E-state index contributed by atoms with van der Waals surface area (Å²) in [6, 6.07) is 71.9. The Labute approximate surface area is 494 Å². The number of aryl methyl sites for hydroxylation is 8. The average Bonchev–Trinajstić information content (AvgIpc) is 3.44. The topological polar surface area (TPSA) is 70.5 Å². The predicted octanol–water partition coefficient (Wildman–Crippen LogP) is 15.9. The van der Waals surface area contributed by atoms with Crippen molar-refractivity contribution in [3.63, 3.8) is 0 Å². The number of halogens is 2. The van der Waals surface area contributed by atoms with Gasteiger partial charge in [0, 0.05) is 6.04 Å². The maximum absolute atomic E-state index is 6.86. The zero-order valence-corrected chi connectivity index (χ0v) is 53.1. The Morgan fingerprint density at radius 2 is 0.800 bits per heavy atom. The fourth-order valence-corrected chi connectivity index (χ4v) is 16.9. The number of methoxy groups -OCH3 is 2. The number of nitrogens with two attached hydrogens (primary N) is 2. The predicted molar refractivity (Wildman–Crippen MR) is 348 cm³/mol. The summed E-state index contributed by atoms with van der Waals surface area (Å²) in [5, 5.41) is 13.6. The summed E-state index contributed by atoms with van der Waals surface area (Å²) in [5.74, 6) is 1.82. The van der Waals surface area contributed by atoms with Crippen molar-refractivity contribution in [3.8, 4) is 22.6 Å². The molecule has 80 heavy (non-hydrogen) atoms. The van der Waals surface area contributed by atoms with E-state index in [2.05, 4.69) is 215 Å².